The number of amides is 1. The lowest BCUT2D eigenvalue weighted by molar-refractivity contribution is 0.0379. The highest BCUT2D eigenvalue weighted by atomic mass is 16.5. The van der Waals surface area contributed by atoms with Crippen molar-refractivity contribution in [3.05, 3.63) is 23.9 Å². The molecule has 3 rings (SSSR count). The fourth-order valence-electron chi connectivity index (χ4n) is 3.53. The van der Waals surface area contributed by atoms with Gasteiger partial charge in [-0.2, -0.15) is 0 Å². The molecule has 0 bridgehead atoms. The molecule has 1 aliphatic heterocycles. The van der Waals surface area contributed by atoms with E-state index >= 15 is 0 Å². The molecule has 1 aromatic carbocycles. The molecular formula is C16H20N2O4. The number of hydrogen-bond donors (Lipinski definition) is 1. The standard InChI is InChI=1S/C16H20N2O4/c1-3-16(9-4-5-10-18(16)15(19)20)14-11-7-6-8-12(21-2)13(11)22-17-14/h6-8H,3-5,9-10H2,1-2H3,(H,19,20). The van der Waals surface area contributed by atoms with Gasteiger partial charge in [-0.1, -0.05) is 18.1 Å². The number of para-hydroxylation sites is 1. The summed E-state index contributed by atoms with van der Waals surface area (Å²) < 4.78 is 10.8. The van der Waals surface area contributed by atoms with E-state index in [0.717, 1.165) is 24.6 Å². The lowest BCUT2D eigenvalue weighted by Crippen LogP contribution is -2.51. The Morgan fingerprint density at radius 1 is 1.50 bits per heavy atom. The molecule has 1 atom stereocenters. The highest BCUT2D eigenvalue weighted by Crippen LogP contribution is 2.44. The molecule has 1 N–H and O–H groups in total. The van der Waals surface area contributed by atoms with E-state index in [4.69, 9.17) is 9.26 Å². The third-order valence-corrected chi connectivity index (χ3v) is 4.68. The van der Waals surface area contributed by atoms with Crippen molar-refractivity contribution in [3.8, 4) is 5.75 Å². The summed E-state index contributed by atoms with van der Waals surface area (Å²) in [6.45, 7) is 2.53. The van der Waals surface area contributed by atoms with Crippen LogP contribution in [-0.4, -0.2) is 34.9 Å². The van der Waals surface area contributed by atoms with Gasteiger partial charge in [-0.15, -0.1) is 0 Å². The molecule has 0 spiro atoms. The fourth-order valence-corrected chi connectivity index (χ4v) is 3.53. The molecule has 0 aliphatic carbocycles. The molecule has 118 valence electrons. The van der Waals surface area contributed by atoms with Crippen LogP contribution in [0.5, 0.6) is 5.75 Å². The maximum atomic E-state index is 11.7. The molecular weight excluding hydrogens is 284 g/mol. The van der Waals surface area contributed by atoms with Crippen molar-refractivity contribution in [3.63, 3.8) is 0 Å². The number of benzene rings is 1. The number of aromatic nitrogens is 1. The van der Waals surface area contributed by atoms with Gasteiger partial charge in [0.15, 0.2) is 5.75 Å². The molecule has 1 amide bonds. The van der Waals surface area contributed by atoms with Gasteiger partial charge in [0.2, 0.25) is 5.58 Å². The van der Waals surface area contributed by atoms with Gasteiger partial charge in [0.25, 0.3) is 0 Å². The Hall–Kier alpha value is -2.24. The summed E-state index contributed by atoms with van der Waals surface area (Å²) in [5, 5.41) is 14.7. The average molecular weight is 304 g/mol. The van der Waals surface area contributed by atoms with Crippen molar-refractivity contribution in [1.29, 1.82) is 0 Å². The number of methoxy groups -OCH3 is 1. The summed E-state index contributed by atoms with van der Waals surface area (Å²) >= 11 is 0. The minimum Gasteiger partial charge on any atom is -0.493 e. The zero-order valence-corrected chi connectivity index (χ0v) is 12.8. The number of nitrogens with zero attached hydrogens (tertiary/aromatic N) is 2. The number of likely N-dealkylation sites (tertiary alicyclic amines) is 1. The first-order valence-electron chi connectivity index (χ1n) is 7.57. The van der Waals surface area contributed by atoms with Gasteiger partial charge < -0.3 is 14.4 Å². The van der Waals surface area contributed by atoms with E-state index in [2.05, 4.69) is 5.16 Å². The predicted molar refractivity (Wildman–Crippen MR) is 81.1 cm³/mol. The first kappa shape index (κ1) is 14.7. The Morgan fingerprint density at radius 3 is 3.00 bits per heavy atom. The summed E-state index contributed by atoms with van der Waals surface area (Å²) in [6.07, 6.45) is 2.39. The molecule has 0 saturated carbocycles. The molecule has 1 saturated heterocycles. The quantitative estimate of drug-likeness (QED) is 0.937. The second-order valence-electron chi connectivity index (χ2n) is 5.64. The molecule has 1 fully saturated rings. The van der Waals surface area contributed by atoms with Gasteiger partial charge >= 0.3 is 6.09 Å². The van der Waals surface area contributed by atoms with E-state index < -0.39 is 11.6 Å². The molecule has 2 aromatic rings. The number of carbonyl (C=O) groups is 1. The SMILES string of the molecule is CCC1(c2noc3c(OC)cccc23)CCCCN1C(=O)O. The van der Waals surface area contributed by atoms with Gasteiger partial charge in [0.1, 0.15) is 5.69 Å². The third-order valence-electron chi connectivity index (χ3n) is 4.68. The lowest BCUT2D eigenvalue weighted by Gasteiger charge is -2.44. The van der Waals surface area contributed by atoms with E-state index in [1.807, 2.05) is 25.1 Å². The Morgan fingerprint density at radius 2 is 2.32 bits per heavy atom. The zero-order chi connectivity index (χ0) is 15.7. The smallest absolute Gasteiger partial charge is 0.408 e. The highest BCUT2D eigenvalue weighted by Gasteiger charge is 2.45. The van der Waals surface area contributed by atoms with Crippen LogP contribution in [0.25, 0.3) is 11.0 Å². The summed E-state index contributed by atoms with van der Waals surface area (Å²) in [5.41, 5.74) is 0.650. The van der Waals surface area contributed by atoms with Crippen molar-refractivity contribution in [1.82, 2.24) is 10.1 Å². The zero-order valence-electron chi connectivity index (χ0n) is 12.8. The summed E-state index contributed by atoms with van der Waals surface area (Å²) in [4.78, 5) is 13.2. The van der Waals surface area contributed by atoms with E-state index in [-0.39, 0.29) is 0 Å². The Kier molecular flexibility index (Phi) is 3.68. The molecule has 0 radical (unpaired) electrons. The van der Waals surface area contributed by atoms with Gasteiger partial charge in [0, 0.05) is 6.54 Å². The van der Waals surface area contributed by atoms with Crippen molar-refractivity contribution in [2.45, 2.75) is 38.1 Å². The topological polar surface area (TPSA) is 75.8 Å². The van der Waals surface area contributed by atoms with E-state index in [1.165, 1.54) is 4.90 Å². The minimum atomic E-state index is -0.902. The largest absolute Gasteiger partial charge is 0.493 e. The van der Waals surface area contributed by atoms with Crippen LogP contribution >= 0.6 is 0 Å². The van der Waals surface area contributed by atoms with Crippen LogP contribution in [0.3, 0.4) is 0 Å². The van der Waals surface area contributed by atoms with Crippen molar-refractivity contribution < 1.29 is 19.2 Å². The first-order valence-corrected chi connectivity index (χ1v) is 7.57. The predicted octanol–water partition coefficient (Wildman–Crippen LogP) is 3.61. The van der Waals surface area contributed by atoms with Crippen molar-refractivity contribution >= 4 is 17.1 Å². The number of rotatable bonds is 3. The Labute approximate surface area is 128 Å². The van der Waals surface area contributed by atoms with Gasteiger partial charge in [-0.25, -0.2) is 4.79 Å². The molecule has 1 aliphatic rings. The lowest BCUT2D eigenvalue weighted by atomic mass is 9.80. The number of piperidine rings is 1. The summed E-state index contributed by atoms with van der Waals surface area (Å²) in [6, 6.07) is 5.60. The number of fused-ring (bicyclic) bond motifs is 1. The maximum absolute atomic E-state index is 11.7. The molecule has 6 heteroatoms. The highest BCUT2D eigenvalue weighted by molar-refractivity contribution is 5.86. The van der Waals surface area contributed by atoms with Gasteiger partial charge in [-0.3, -0.25) is 4.90 Å². The first-order chi connectivity index (χ1) is 10.6. The number of carboxylic acid groups (broad SMARTS) is 1. The second-order valence-corrected chi connectivity index (χ2v) is 5.64. The molecule has 1 unspecified atom stereocenters. The van der Waals surface area contributed by atoms with E-state index in [9.17, 15) is 9.90 Å². The monoisotopic (exact) mass is 304 g/mol. The Balaban J connectivity index is 2.20. The molecule has 22 heavy (non-hydrogen) atoms. The third kappa shape index (κ3) is 2.01. The molecule has 2 heterocycles. The van der Waals surface area contributed by atoms with Crippen molar-refractivity contribution in [2.24, 2.45) is 0 Å². The van der Waals surface area contributed by atoms with Crippen LogP contribution in [-0.2, 0) is 5.54 Å². The Bertz CT molecular complexity index is 697. The number of hydrogen-bond acceptors (Lipinski definition) is 4. The second kappa shape index (κ2) is 5.51. The average Bonchev–Trinajstić information content (AvgIpc) is 2.99. The minimum absolute atomic E-state index is 0.529. The van der Waals surface area contributed by atoms with Crippen molar-refractivity contribution in [2.75, 3.05) is 13.7 Å². The van der Waals surface area contributed by atoms with E-state index in [1.54, 1.807) is 7.11 Å². The van der Waals surface area contributed by atoms with Crippen LogP contribution in [0.4, 0.5) is 4.79 Å². The van der Waals surface area contributed by atoms with Crippen LogP contribution < -0.4 is 4.74 Å². The normalized spacial score (nSPS) is 22.0. The van der Waals surface area contributed by atoms with Gasteiger partial charge in [-0.05, 0) is 37.8 Å². The van der Waals surface area contributed by atoms with Gasteiger partial charge in [0.05, 0.1) is 18.0 Å². The fraction of sp³-hybridized carbons (Fsp3) is 0.500. The van der Waals surface area contributed by atoms with Crippen LogP contribution in [0.1, 0.15) is 38.3 Å². The van der Waals surface area contributed by atoms with Crippen LogP contribution in [0, 0.1) is 0 Å². The van der Waals surface area contributed by atoms with E-state index in [0.29, 0.717) is 30.0 Å². The molecule has 1 aromatic heterocycles. The number of ether oxygens (including phenoxy) is 1. The summed E-state index contributed by atoms with van der Waals surface area (Å²) in [7, 11) is 1.58. The summed E-state index contributed by atoms with van der Waals surface area (Å²) in [5.74, 6) is 0.611. The van der Waals surface area contributed by atoms with Crippen LogP contribution in [0.2, 0.25) is 0 Å². The molecule has 6 nitrogen and oxygen atoms in total. The maximum Gasteiger partial charge on any atom is 0.408 e. The van der Waals surface area contributed by atoms with Crippen LogP contribution in [0.15, 0.2) is 22.7 Å².